The summed E-state index contributed by atoms with van der Waals surface area (Å²) in [7, 11) is 1.68. The van der Waals surface area contributed by atoms with Crippen LogP contribution in [0.2, 0.25) is 0 Å². The molecule has 0 aliphatic heterocycles. The van der Waals surface area contributed by atoms with E-state index in [1.54, 1.807) is 7.05 Å². The molecular weight excluding hydrogens is 286 g/mol. The van der Waals surface area contributed by atoms with Crippen molar-refractivity contribution in [2.24, 2.45) is 0 Å². The van der Waals surface area contributed by atoms with Gasteiger partial charge >= 0.3 is 5.97 Å². The van der Waals surface area contributed by atoms with Crippen LogP contribution in [0.3, 0.4) is 0 Å². The van der Waals surface area contributed by atoms with Gasteiger partial charge in [-0.05, 0) is 18.2 Å². The van der Waals surface area contributed by atoms with Crippen LogP contribution in [0.1, 0.15) is 44.7 Å². The number of hydrogen-bond donors (Lipinski definition) is 2. The smallest absolute Gasteiger partial charge is 0.321 e. The summed E-state index contributed by atoms with van der Waals surface area (Å²) >= 11 is 0. The molecule has 0 unspecified atom stereocenters. The van der Waals surface area contributed by atoms with Crippen LogP contribution in [0.5, 0.6) is 0 Å². The molecule has 2 rings (SSSR count). The molecule has 23 heavy (non-hydrogen) atoms. The molecule has 0 spiro atoms. The van der Waals surface area contributed by atoms with Crippen LogP contribution in [0.4, 0.5) is 0 Å². The van der Waals surface area contributed by atoms with Crippen molar-refractivity contribution in [1.29, 1.82) is 0 Å². The van der Waals surface area contributed by atoms with Crippen molar-refractivity contribution in [2.45, 2.75) is 39.7 Å². The van der Waals surface area contributed by atoms with Crippen molar-refractivity contribution in [3.05, 3.63) is 71.8 Å². The second-order valence-electron chi connectivity index (χ2n) is 4.40. The Hall–Kier alpha value is -2.13. The molecule has 0 amide bonds. The van der Waals surface area contributed by atoms with Gasteiger partial charge in [-0.3, -0.25) is 4.79 Å². The van der Waals surface area contributed by atoms with Crippen molar-refractivity contribution in [1.82, 2.24) is 5.32 Å². The second kappa shape index (κ2) is 12.4. The first-order chi connectivity index (χ1) is 11.2. The highest BCUT2D eigenvalue weighted by Crippen LogP contribution is 2.28. The third-order valence-corrected chi connectivity index (χ3v) is 3.23. The average molecular weight is 315 g/mol. The Balaban J connectivity index is 0.00000112. The summed E-state index contributed by atoms with van der Waals surface area (Å²) in [4.78, 5) is 11.5. The van der Waals surface area contributed by atoms with Gasteiger partial charge in [0, 0.05) is 5.92 Å². The molecule has 0 bridgehead atoms. The summed E-state index contributed by atoms with van der Waals surface area (Å²) in [5.41, 5.74) is 1.99. The summed E-state index contributed by atoms with van der Waals surface area (Å²) in [5.74, 6) is -1.05. The van der Waals surface area contributed by atoms with E-state index in [-0.39, 0.29) is 5.92 Å². The van der Waals surface area contributed by atoms with Gasteiger partial charge in [0.1, 0.15) is 6.04 Å². The number of hydrogen-bond acceptors (Lipinski definition) is 2. The van der Waals surface area contributed by atoms with E-state index in [0.717, 1.165) is 11.1 Å². The van der Waals surface area contributed by atoms with E-state index in [4.69, 9.17) is 0 Å². The molecule has 0 radical (unpaired) electrons. The molecule has 2 aromatic rings. The normalized spacial score (nSPS) is 10.7. The minimum Gasteiger partial charge on any atom is -0.480 e. The maximum Gasteiger partial charge on any atom is 0.321 e. The predicted molar refractivity (Wildman–Crippen MR) is 97.9 cm³/mol. The van der Waals surface area contributed by atoms with Crippen molar-refractivity contribution in [2.75, 3.05) is 7.05 Å². The van der Waals surface area contributed by atoms with Gasteiger partial charge in [0.25, 0.3) is 0 Å². The highest BCUT2D eigenvalue weighted by molar-refractivity contribution is 5.76. The van der Waals surface area contributed by atoms with E-state index >= 15 is 0 Å². The van der Waals surface area contributed by atoms with Gasteiger partial charge in [0.15, 0.2) is 0 Å². The highest BCUT2D eigenvalue weighted by atomic mass is 16.4. The Morgan fingerprint density at radius 1 is 0.826 bits per heavy atom. The topological polar surface area (TPSA) is 49.3 Å². The largest absolute Gasteiger partial charge is 0.480 e. The maximum absolute atomic E-state index is 11.5. The summed E-state index contributed by atoms with van der Waals surface area (Å²) < 4.78 is 0. The molecule has 0 heterocycles. The van der Waals surface area contributed by atoms with Crippen LogP contribution in [0.15, 0.2) is 60.7 Å². The lowest BCUT2D eigenvalue weighted by Gasteiger charge is -2.24. The first-order valence-corrected chi connectivity index (χ1v) is 8.24. The van der Waals surface area contributed by atoms with E-state index in [0.29, 0.717) is 0 Å². The lowest BCUT2D eigenvalue weighted by atomic mass is 9.85. The minimum atomic E-state index is -0.847. The Kier molecular flexibility index (Phi) is 11.3. The van der Waals surface area contributed by atoms with Crippen LogP contribution >= 0.6 is 0 Å². The van der Waals surface area contributed by atoms with Crippen molar-refractivity contribution >= 4 is 5.97 Å². The first kappa shape index (κ1) is 20.9. The van der Waals surface area contributed by atoms with Gasteiger partial charge in [-0.15, -0.1) is 0 Å². The number of rotatable bonds is 5. The van der Waals surface area contributed by atoms with Gasteiger partial charge < -0.3 is 10.4 Å². The molecule has 0 aliphatic rings. The van der Waals surface area contributed by atoms with Crippen molar-refractivity contribution in [3.63, 3.8) is 0 Å². The fraction of sp³-hybridized carbons (Fsp3) is 0.350. The Bertz CT molecular complexity index is 486. The second-order valence-corrected chi connectivity index (χ2v) is 4.40. The molecule has 2 N–H and O–H groups in total. The molecule has 3 heteroatoms. The summed E-state index contributed by atoms with van der Waals surface area (Å²) in [6.45, 7) is 8.00. The number of carboxylic acids is 1. The highest BCUT2D eigenvalue weighted by Gasteiger charge is 2.29. The van der Waals surface area contributed by atoms with Crippen molar-refractivity contribution in [3.8, 4) is 0 Å². The molecule has 0 fully saturated rings. The van der Waals surface area contributed by atoms with E-state index < -0.39 is 12.0 Å². The molecule has 0 saturated carbocycles. The van der Waals surface area contributed by atoms with E-state index in [2.05, 4.69) is 5.32 Å². The predicted octanol–water partition coefficient (Wildman–Crippen LogP) is 4.54. The zero-order valence-corrected chi connectivity index (χ0v) is 14.8. The van der Waals surface area contributed by atoms with E-state index in [9.17, 15) is 9.90 Å². The average Bonchev–Trinajstić information content (AvgIpc) is 2.64. The number of nitrogens with one attached hydrogen (secondary N) is 1. The molecule has 0 aromatic heterocycles. The van der Waals surface area contributed by atoms with E-state index in [1.165, 1.54) is 0 Å². The lowest BCUT2D eigenvalue weighted by molar-refractivity contribution is -0.139. The molecule has 0 aliphatic carbocycles. The van der Waals surface area contributed by atoms with Crippen LogP contribution in [0.25, 0.3) is 0 Å². The number of likely N-dealkylation sites (N-methyl/N-ethyl adjacent to an activating group) is 1. The first-order valence-electron chi connectivity index (χ1n) is 8.24. The SMILES string of the molecule is CC.CC.CN[C@H](C(=O)O)C(c1ccccc1)c1ccccc1. The Labute approximate surface area is 140 Å². The number of benzene rings is 2. The third kappa shape index (κ3) is 6.25. The van der Waals surface area contributed by atoms with E-state index in [1.807, 2.05) is 88.4 Å². The summed E-state index contributed by atoms with van der Waals surface area (Å²) in [6.07, 6.45) is 0. The molecule has 0 saturated heterocycles. The monoisotopic (exact) mass is 315 g/mol. The summed E-state index contributed by atoms with van der Waals surface area (Å²) in [6, 6.07) is 18.8. The molecule has 126 valence electrons. The third-order valence-electron chi connectivity index (χ3n) is 3.23. The standard InChI is InChI=1S/C16H17NO2.2C2H6/c1-17-15(16(18)19)14(12-8-4-2-5-9-12)13-10-6-3-7-11-13;2*1-2/h2-11,14-15,17H,1H3,(H,18,19);2*1-2H3/t15-;;/m0../s1. The zero-order chi connectivity index (χ0) is 17.7. The van der Waals surface area contributed by atoms with Crippen LogP contribution < -0.4 is 5.32 Å². The van der Waals surface area contributed by atoms with Crippen LogP contribution in [-0.2, 0) is 4.79 Å². The maximum atomic E-state index is 11.5. The minimum absolute atomic E-state index is 0.204. The van der Waals surface area contributed by atoms with Crippen molar-refractivity contribution < 1.29 is 9.90 Å². The quantitative estimate of drug-likeness (QED) is 0.851. The zero-order valence-electron chi connectivity index (χ0n) is 14.8. The Morgan fingerprint density at radius 3 is 1.43 bits per heavy atom. The Morgan fingerprint density at radius 2 is 1.17 bits per heavy atom. The van der Waals surface area contributed by atoms with Crippen LogP contribution in [0, 0.1) is 0 Å². The molecule has 1 atom stereocenters. The van der Waals surface area contributed by atoms with Gasteiger partial charge in [-0.1, -0.05) is 88.4 Å². The molecule has 2 aromatic carbocycles. The lowest BCUT2D eigenvalue weighted by Crippen LogP contribution is -2.40. The van der Waals surface area contributed by atoms with Gasteiger partial charge in [-0.2, -0.15) is 0 Å². The number of carbonyl (C=O) groups is 1. The fourth-order valence-corrected chi connectivity index (χ4v) is 2.33. The van der Waals surface area contributed by atoms with Gasteiger partial charge in [0.2, 0.25) is 0 Å². The van der Waals surface area contributed by atoms with Gasteiger partial charge in [0.05, 0.1) is 0 Å². The fourth-order valence-electron chi connectivity index (χ4n) is 2.33. The molecule has 3 nitrogen and oxygen atoms in total. The number of carboxylic acid groups (broad SMARTS) is 1. The number of aliphatic carboxylic acids is 1. The summed E-state index contributed by atoms with van der Waals surface area (Å²) in [5, 5.41) is 12.3. The molecular formula is C20H29NO2. The van der Waals surface area contributed by atoms with Crippen LogP contribution in [-0.4, -0.2) is 24.2 Å². The van der Waals surface area contributed by atoms with Gasteiger partial charge in [-0.25, -0.2) is 0 Å².